The average molecular weight is 365 g/mol. The van der Waals surface area contributed by atoms with Crippen molar-refractivity contribution in [2.24, 2.45) is 0 Å². The lowest BCUT2D eigenvalue weighted by Gasteiger charge is -2.35. The summed E-state index contributed by atoms with van der Waals surface area (Å²) in [6.45, 7) is 5.87. The molecule has 6 nitrogen and oxygen atoms in total. The van der Waals surface area contributed by atoms with Gasteiger partial charge in [0.25, 0.3) is 5.91 Å². The van der Waals surface area contributed by atoms with E-state index in [0.717, 1.165) is 32.4 Å². The van der Waals surface area contributed by atoms with Crippen molar-refractivity contribution < 1.29 is 9.59 Å². The minimum atomic E-state index is -0.135. The maximum atomic E-state index is 13.2. The fourth-order valence-electron chi connectivity index (χ4n) is 3.53. The van der Waals surface area contributed by atoms with E-state index in [-0.39, 0.29) is 18.0 Å². The standard InChI is InChI=1S/C18H25ClN4O2/c1-2-10-22(13-5-7-20-8-6-13)17(24)15-12-14(3-4-16(15)19)23-11-9-21-18(23)25/h3-4,12-13,20H,2,5-11H2,1H3,(H,21,25). The highest BCUT2D eigenvalue weighted by molar-refractivity contribution is 6.34. The van der Waals surface area contributed by atoms with Crippen molar-refractivity contribution >= 4 is 29.2 Å². The Morgan fingerprint density at radius 3 is 2.72 bits per heavy atom. The highest BCUT2D eigenvalue weighted by Crippen LogP contribution is 2.27. The van der Waals surface area contributed by atoms with E-state index >= 15 is 0 Å². The number of nitrogens with one attached hydrogen (secondary N) is 2. The molecule has 1 aromatic rings. The number of hydrogen-bond acceptors (Lipinski definition) is 3. The third kappa shape index (κ3) is 3.90. The van der Waals surface area contributed by atoms with Crippen LogP contribution in [0.3, 0.4) is 0 Å². The fourth-order valence-corrected chi connectivity index (χ4v) is 3.73. The van der Waals surface area contributed by atoms with Crippen LogP contribution in [0.1, 0.15) is 36.5 Å². The molecule has 0 spiro atoms. The first-order valence-electron chi connectivity index (χ1n) is 8.98. The van der Waals surface area contributed by atoms with Crippen molar-refractivity contribution in [2.75, 3.05) is 37.6 Å². The SMILES string of the molecule is CCCN(C(=O)c1cc(N2CCNC2=O)ccc1Cl)C1CCNCC1. The highest BCUT2D eigenvalue weighted by Gasteiger charge is 2.28. The molecule has 0 bridgehead atoms. The third-order valence-electron chi connectivity index (χ3n) is 4.82. The molecule has 7 heteroatoms. The van der Waals surface area contributed by atoms with Crippen LogP contribution in [0.15, 0.2) is 18.2 Å². The maximum Gasteiger partial charge on any atom is 0.321 e. The number of carbonyl (C=O) groups excluding carboxylic acids is 2. The molecule has 0 aliphatic carbocycles. The molecule has 1 aromatic carbocycles. The minimum absolute atomic E-state index is 0.0415. The van der Waals surface area contributed by atoms with Crippen LogP contribution in [-0.4, -0.2) is 55.6 Å². The Morgan fingerprint density at radius 2 is 2.08 bits per heavy atom. The summed E-state index contributed by atoms with van der Waals surface area (Å²) in [6, 6.07) is 5.35. The summed E-state index contributed by atoms with van der Waals surface area (Å²) in [5.41, 5.74) is 1.19. The van der Waals surface area contributed by atoms with E-state index in [2.05, 4.69) is 17.6 Å². The molecule has 0 atom stereocenters. The first kappa shape index (κ1) is 18.0. The topological polar surface area (TPSA) is 64.7 Å². The molecule has 0 unspecified atom stereocenters. The van der Waals surface area contributed by atoms with Crippen molar-refractivity contribution in [1.82, 2.24) is 15.5 Å². The molecule has 136 valence electrons. The normalized spacial score (nSPS) is 18.3. The van der Waals surface area contributed by atoms with Gasteiger partial charge in [0.1, 0.15) is 0 Å². The van der Waals surface area contributed by atoms with Gasteiger partial charge < -0.3 is 15.5 Å². The predicted molar refractivity (Wildman–Crippen MR) is 99.4 cm³/mol. The Balaban J connectivity index is 1.87. The first-order chi connectivity index (χ1) is 12.1. The molecular weight excluding hydrogens is 340 g/mol. The van der Waals surface area contributed by atoms with E-state index in [4.69, 9.17) is 11.6 Å². The second kappa shape index (κ2) is 8.06. The van der Waals surface area contributed by atoms with Crippen LogP contribution in [0.25, 0.3) is 0 Å². The van der Waals surface area contributed by atoms with Gasteiger partial charge in [-0.25, -0.2) is 4.79 Å². The molecule has 3 amide bonds. The maximum absolute atomic E-state index is 13.2. The molecule has 2 fully saturated rings. The van der Waals surface area contributed by atoms with Crippen molar-refractivity contribution in [3.05, 3.63) is 28.8 Å². The van der Waals surface area contributed by atoms with Gasteiger partial charge in [-0.05, 0) is 50.6 Å². The number of rotatable bonds is 5. The molecular formula is C18H25ClN4O2. The lowest BCUT2D eigenvalue weighted by molar-refractivity contribution is 0.0643. The Morgan fingerprint density at radius 1 is 1.32 bits per heavy atom. The van der Waals surface area contributed by atoms with E-state index < -0.39 is 0 Å². The third-order valence-corrected chi connectivity index (χ3v) is 5.15. The smallest absolute Gasteiger partial charge is 0.321 e. The molecule has 2 aliphatic rings. The van der Waals surface area contributed by atoms with E-state index in [0.29, 0.717) is 35.9 Å². The molecule has 2 heterocycles. The lowest BCUT2D eigenvalue weighted by Crippen LogP contribution is -2.46. The van der Waals surface area contributed by atoms with Crippen LogP contribution in [0.5, 0.6) is 0 Å². The number of benzene rings is 1. The van der Waals surface area contributed by atoms with Gasteiger partial charge in [0.2, 0.25) is 0 Å². The second-order valence-electron chi connectivity index (χ2n) is 6.53. The highest BCUT2D eigenvalue weighted by atomic mass is 35.5. The summed E-state index contributed by atoms with van der Waals surface area (Å²) in [5.74, 6) is -0.0415. The van der Waals surface area contributed by atoms with Gasteiger partial charge >= 0.3 is 6.03 Å². The molecule has 0 saturated carbocycles. The van der Waals surface area contributed by atoms with Gasteiger partial charge in [0, 0.05) is 31.4 Å². The minimum Gasteiger partial charge on any atom is -0.336 e. The number of hydrogen-bond donors (Lipinski definition) is 2. The summed E-state index contributed by atoms with van der Waals surface area (Å²) in [5, 5.41) is 6.55. The largest absolute Gasteiger partial charge is 0.336 e. The number of nitrogens with zero attached hydrogens (tertiary/aromatic N) is 2. The van der Waals surface area contributed by atoms with Crippen LogP contribution in [0.4, 0.5) is 10.5 Å². The fraction of sp³-hybridized carbons (Fsp3) is 0.556. The van der Waals surface area contributed by atoms with Gasteiger partial charge in [-0.1, -0.05) is 18.5 Å². The number of piperidine rings is 1. The zero-order valence-corrected chi connectivity index (χ0v) is 15.3. The monoisotopic (exact) mass is 364 g/mol. The van der Waals surface area contributed by atoms with Crippen molar-refractivity contribution in [2.45, 2.75) is 32.2 Å². The number of amides is 3. The van der Waals surface area contributed by atoms with Crippen LogP contribution in [-0.2, 0) is 0 Å². The van der Waals surface area contributed by atoms with Gasteiger partial charge in [-0.2, -0.15) is 0 Å². The first-order valence-corrected chi connectivity index (χ1v) is 9.36. The molecule has 3 rings (SSSR count). The van der Waals surface area contributed by atoms with Crippen LogP contribution in [0, 0.1) is 0 Å². The van der Waals surface area contributed by atoms with Crippen LogP contribution in [0.2, 0.25) is 5.02 Å². The lowest BCUT2D eigenvalue weighted by atomic mass is 10.0. The molecule has 2 aliphatic heterocycles. The summed E-state index contributed by atoms with van der Waals surface area (Å²) in [7, 11) is 0. The number of anilines is 1. The van der Waals surface area contributed by atoms with E-state index in [1.54, 1.807) is 23.1 Å². The Bertz CT molecular complexity index is 646. The van der Waals surface area contributed by atoms with Gasteiger partial charge in [-0.3, -0.25) is 9.69 Å². The number of halogens is 1. The van der Waals surface area contributed by atoms with Crippen molar-refractivity contribution in [1.29, 1.82) is 0 Å². The van der Waals surface area contributed by atoms with Gasteiger partial charge in [0.05, 0.1) is 10.6 Å². The summed E-state index contributed by atoms with van der Waals surface area (Å²) in [6.07, 6.45) is 2.82. The average Bonchev–Trinajstić information content (AvgIpc) is 3.06. The zero-order chi connectivity index (χ0) is 17.8. The molecule has 2 saturated heterocycles. The van der Waals surface area contributed by atoms with Gasteiger partial charge in [0.15, 0.2) is 0 Å². The van der Waals surface area contributed by atoms with Crippen molar-refractivity contribution in [3.63, 3.8) is 0 Å². The van der Waals surface area contributed by atoms with E-state index in [9.17, 15) is 9.59 Å². The van der Waals surface area contributed by atoms with Crippen molar-refractivity contribution in [3.8, 4) is 0 Å². The molecule has 0 aromatic heterocycles. The Kier molecular flexibility index (Phi) is 5.81. The number of urea groups is 1. The number of carbonyl (C=O) groups is 2. The second-order valence-corrected chi connectivity index (χ2v) is 6.93. The van der Waals surface area contributed by atoms with Crippen LogP contribution < -0.4 is 15.5 Å². The van der Waals surface area contributed by atoms with Crippen LogP contribution >= 0.6 is 11.6 Å². The van der Waals surface area contributed by atoms with Gasteiger partial charge in [-0.15, -0.1) is 0 Å². The van der Waals surface area contributed by atoms with E-state index in [1.807, 2.05) is 4.90 Å². The summed E-state index contributed by atoms with van der Waals surface area (Å²) >= 11 is 6.34. The zero-order valence-electron chi connectivity index (χ0n) is 14.6. The molecule has 2 N–H and O–H groups in total. The Hall–Kier alpha value is -1.79. The molecule has 25 heavy (non-hydrogen) atoms. The predicted octanol–water partition coefficient (Wildman–Crippen LogP) is 2.47. The Labute approximate surface area is 153 Å². The van der Waals surface area contributed by atoms with E-state index in [1.165, 1.54) is 0 Å². The summed E-state index contributed by atoms with van der Waals surface area (Å²) in [4.78, 5) is 28.7. The quantitative estimate of drug-likeness (QED) is 0.843. The summed E-state index contributed by atoms with van der Waals surface area (Å²) < 4.78 is 0. The molecule has 0 radical (unpaired) electrons.